The number of nitrogens with zero attached hydrogens (tertiary/aromatic N) is 2. The molecular weight excluding hydrogens is 374 g/mol. The number of carbonyl (C=O) groups excluding carboxylic acids is 2. The monoisotopic (exact) mass is 415 g/mol. The van der Waals surface area contributed by atoms with Crippen molar-refractivity contribution in [2.24, 2.45) is 11.8 Å². The maximum Gasteiger partial charge on any atom is 0.306 e. The lowest BCUT2D eigenvalue weighted by Crippen LogP contribution is -2.58. The summed E-state index contributed by atoms with van der Waals surface area (Å²) in [5, 5.41) is 12.1. The molecule has 0 aliphatic carbocycles. The fourth-order valence-corrected chi connectivity index (χ4v) is 3.74. The van der Waals surface area contributed by atoms with Crippen molar-refractivity contribution < 1.29 is 24.2 Å². The van der Waals surface area contributed by atoms with Gasteiger partial charge in [-0.2, -0.15) is 0 Å². The Morgan fingerprint density at radius 1 is 1.03 bits per heavy atom. The molecule has 0 aromatic rings. The first-order valence-electron chi connectivity index (χ1n) is 10.4. The Labute approximate surface area is 175 Å². The molecule has 0 radical (unpaired) electrons. The summed E-state index contributed by atoms with van der Waals surface area (Å²) < 4.78 is 5.40. The number of carboxylic acids is 1. The molecule has 0 saturated heterocycles. The largest absolute Gasteiger partial charge is 0.481 e. The highest BCUT2D eigenvalue weighted by atomic mass is 16.5. The molecule has 0 rings (SSSR count). The molecule has 4 atom stereocenters. The summed E-state index contributed by atoms with van der Waals surface area (Å²) in [5.41, 5.74) is 0. The molecule has 0 aliphatic rings. The van der Waals surface area contributed by atoms with Crippen molar-refractivity contribution in [1.29, 1.82) is 0 Å². The summed E-state index contributed by atoms with van der Waals surface area (Å²) in [6.45, 7) is 9.68. The van der Waals surface area contributed by atoms with E-state index in [0.717, 1.165) is 6.42 Å². The SMILES string of the molecule is CCC[C@@H]([C@@H](CC(=O)O)OC)N(C)C(=O)[C@@H](NC(=O)[C@H](C(C)C)N(C)C)C(C)C. The molecule has 8 heteroatoms. The Morgan fingerprint density at radius 3 is 1.93 bits per heavy atom. The standard InChI is InChI=1S/C21H41N3O5/c1-10-11-15(16(29-9)12-17(25)26)24(8)21(28)18(13(2)3)22-20(27)19(14(4)5)23(6)7/h13-16,18-19H,10-12H2,1-9H3,(H,22,27)(H,25,26)/t15-,16+,18-,19-/m0/s1. The first-order valence-corrected chi connectivity index (χ1v) is 10.4. The number of hydrogen-bond donors (Lipinski definition) is 2. The van der Waals surface area contributed by atoms with E-state index in [2.05, 4.69) is 5.32 Å². The molecule has 2 amide bonds. The van der Waals surface area contributed by atoms with Crippen LogP contribution < -0.4 is 5.32 Å². The van der Waals surface area contributed by atoms with Crippen molar-refractivity contribution in [3.05, 3.63) is 0 Å². The number of rotatable bonds is 13. The van der Waals surface area contributed by atoms with Gasteiger partial charge in [0.05, 0.1) is 24.6 Å². The number of ether oxygens (including phenoxy) is 1. The van der Waals surface area contributed by atoms with Gasteiger partial charge in [-0.25, -0.2) is 0 Å². The van der Waals surface area contributed by atoms with E-state index in [0.29, 0.717) is 6.42 Å². The van der Waals surface area contributed by atoms with E-state index in [1.54, 1.807) is 11.9 Å². The number of hydrogen-bond acceptors (Lipinski definition) is 5. The van der Waals surface area contributed by atoms with Crippen LogP contribution in [0.3, 0.4) is 0 Å². The number of carboxylic acid groups (broad SMARTS) is 1. The van der Waals surface area contributed by atoms with Crippen LogP contribution in [0.25, 0.3) is 0 Å². The molecule has 170 valence electrons. The van der Waals surface area contributed by atoms with E-state index in [1.165, 1.54) is 7.11 Å². The molecule has 0 aromatic heterocycles. The lowest BCUT2D eigenvalue weighted by atomic mass is 9.96. The topological polar surface area (TPSA) is 99.2 Å². The minimum Gasteiger partial charge on any atom is -0.481 e. The van der Waals surface area contributed by atoms with Crippen LogP contribution >= 0.6 is 0 Å². The second kappa shape index (κ2) is 12.8. The highest BCUT2D eigenvalue weighted by Crippen LogP contribution is 2.19. The van der Waals surface area contributed by atoms with Crippen molar-refractivity contribution in [3.63, 3.8) is 0 Å². The van der Waals surface area contributed by atoms with E-state index in [9.17, 15) is 19.5 Å². The van der Waals surface area contributed by atoms with Crippen LogP contribution in [-0.2, 0) is 19.1 Å². The molecule has 0 unspecified atom stereocenters. The Balaban J connectivity index is 5.62. The summed E-state index contributed by atoms with van der Waals surface area (Å²) in [5.74, 6) is -1.43. The smallest absolute Gasteiger partial charge is 0.306 e. The molecule has 0 aliphatic heterocycles. The summed E-state index contributed by atoms with van der Waals surface area (Å²) >= 11 is 0. The minimum atomic E-state index is -0.974. The van der Waals surface area contributed by atoms with Crippen LogP contribution in [0.1, 0.15) is 53.9 Å². The van der Waals surface area contributed by atoms with Crippen molar-refractivity contribution in [2.45, 2.75) is 78.1 Å². The summed E-state index contributed by atoms with van der Waals surface area (Å²) in [6, 6.07) is -1.43. The number of likely N-dealkylation sites (N-methyl/N-ethyl adjacent to an activating group) is 2. The highest BCUT2D eigenvalue weighted by Gasteiger charge is 2.36. The third kappa shape index (κ3) is 8.30. The summed E-state index contributed by atoms with van der Waals surface area (Å²) in [4.78, 5) is 40.8. The normalized spacial score (nSPS) is 15.9. The van der Waals surface area contributed by atoms with Gasteiger partial charge in [0.15, 0.2) is 0 Å². The lowest BCUT2D eigenvalue weighted by Gasteiger charge is -2.37. The molecule has 8 nitrogen and oxygen atoms in total. The number of nitrogens with one attached hydrogen (secondary N) is 1. The molecule has 0 saturated carbocycles. The van der Waals surface area contributed by atoms with Gasteiger partial charge in [0.25, 0.3) is 0 Å². The van der Waals surface area contributed by atoms with E-state index < -0.39 is 18.1 Å². The van der Waals surface area contributed by atoms with E-state index in [4.69, 9.17) is 4.74 Å². The van der Waals surface area contributed by atoms with Gasteiger partial charge in [-0.05, 0) is 32.4 Å². The van der Waals surface area contributed by atoms with Crippen LogP contribution in [0.15, 0.2) is 0 Å². The zero-order valence-corrected chi connectivity index (χ0v) is 19.6. The Morgan fingerprint density at radius 2 is 1.59 bits per heavy atom. The van der Waals surface area contributed by atoms with Gasteiger partial charge in [0.1, 0.15) is 6.04 Å². The predicted molar refractivity (Wildman–Crippen MR) is 114 cm³/mol. The van der Waals surface area contributed by atoms with E-state index in [-0.39, 0.29) is 42.2 Å². The Bertz CT molecular complexity index is 528. The Hall–Kier alpha value is -1.67. The van der Waals surface area contributed by atoms with Gasteiger partial charge in [-0.1, -0.05) is 41.0 Å². The molecule has 0 bridgehead atoms. The van der Waals surface area contributed by atoms with Crippen molar-refractivity contribution in [3.8, 4) is 0 Å². The molecule has 2 N–H and O–H groups in total. The fraction of sp³-hybridized carbons (Fsp3) is 0.857. The molecule has 0 heterocycles. The van der Waals surface area contributed by atoms with Crippen molar-refractivity contribution in [1.82, 2.24) is 15.1 Å². The zero-order chi connectivity index (χ0) is 22.9. The van der Waals surface area contributed by atoms with E-state index in [1.807, 2.05) is 53.6 Å². The van der Waals surface area contributed by atoms with Gasteiger partial charge in [0.2, 0.25) is 11.8 Å². The summed E-state index contributed by atoms with van der Waals surface area (Å²) in [6.07, 6.45) is 0.582. The van der Waals surface area contributed by atoms with Crippen molar-refractivity contribution in [2.75, 3.05) is 28.3 Å². The molecule has 0 fully saturated rings. The zero-order valence-electron chi connectivity index (χ0n) is 19.6. The lowest BCUT2D eigenvalue weighted by molar-refractivity contribution is -0.146. The van der Waals surface area contributed by atoms with Crippen molar-refractivity contribution >= 4 is 17.8 Å². The molecule has 0 aromatic carbocycles. The second-order valence-electron chi connectivity index (χ2n) is 8.56. The summed E-state index contributed by atoms with van der Waals surface area (Å²) in [7, 11) is 6.80. The van der Waals surface area contributed by atoms with Crippen LogP contribution in [0.4, 0.5) is 0 Å². The predicted octanol–water partition coefficient (Wildman–Crippen LogP) is 1.83. The van der Waals surface area contributed by atoms with Crippen LogP contribution in [0, 0.1) is 11.8 Å². The maximum atomic E-state index is 13.3. The van der Waals surface area contributed by atoms with Crippen LogP contribution in [-0.4, -0.2) is 85.2 Å². The minimum absolute atomic E-state index is 0.0897. The van der Waals surface area contributed by atoms with Gasteiger partial charge < -0.3 is 20.1 Å². The maximum absolute atomic E-state index is 13.3. The number of methoxy groups -OCH3 is 1. The molecule has 29 heavy (non-hydrogen) atoms. The quantitative estimate of drug-likeness (QED) is 0.476. The average Bonchev–Trinajstić information content (AvgIpc) is 2.60. The number of amides is 2. The molecular formula is C21H41N3O5. The van der Waals surface area contributed by atoms with Crippen LogP contribution in [0.2, 0.25) is 0 Å². The first-order chi connectivity index (χ1) is 13.4. The van der Waals surface area contributed by atoms with Gasteiger partial charge in [0, 0.05) is 14.2 Å². The van der Waals surface area contributed by atoms with Gasteiger partial charge in [-0.3, -0.25) is 19.3 Å². The van der Waals surface area contributed by atoms with E-state index >= 15 is 0 Å². The molecule has 0 spiro atoms. The highest BCUT2D eigenvalue weighted by molar-refractivity contribution is 5.90. The third-order valence-electron chi connectivity index (χ3n) is 5.22. The number of carbonyl (C=O) groups is 3. The first kappa shape index (κ1) is 27.3. The van der Waals surface area contributed by atoms with Gasteiger partial charge >= 0.3 is 5.97 Å². The average molecular weight is 416 g/mol. The van der Waals surface area contributed by atoms with Gasteiger partial charge in [-0.15, -0.1) is 0 Å². The fourth-order valence-electron chi connectivity index (χ4n) is 3.74. The number of aliphatic carboxylic acids is 1. The second-order valence-corrected chi connectivity index (χ2v) is 8.56. The van der Waals surface area contributed by atoms with Crippen LogP contribution in [0.5, 0.6) is 0 Å². The Kier molecular flexibility index (Phi) is 12.1. The third-order valence-corrected chi connectivity index (χ3v) is 5.22.